The van der Waals surface area contributed by atoms with Crippen molar-refractivity contribution in [3.63, 3.8) is 0 Å². The molecule has 0 radical (unpaired) electrons. The lowest BCUT2D eigenvalue weighted by molar-refractivity contribution is 0.371. The first-order chi connectivity index (χ1) is 11.6. The van der Waals surface area contributed by atoms with E-state index in [-0.39, 0.29) is 12.2 Å². The highest BCUT2D eigenvalue weighted by atomic mass is 16.5. The van der Waals surface area contributed by atoms with Crippen LogP contribution in [0.4, 0.5) is 0 Å². The Labute approximate surface area is 138 Å². The monoisotopic (exact) mass is 320 g/mol. The van der Waals surface area contributed by atoms with E-state index in [1.165, 1.54) is 5.56 Å². The first-order valence-corrected chi connectivity index (χ1v) is 7.67. The van der Waals surface area contributed by atoms with Crippen LogP contribution in [-0.4, -0.2) is 19.3 Å². The van der Waals surface area contributed by atoms with Gasteiger partial charge in [0.05, 0.1) is 11.0 Å². The standard InChI is InChI=1S/C18H16N4O2/c1-12-7-9-13(10-8-12)17-19-16(24-20-17)11-22-15-6-4-3-5-14(15)21(2)18(22)23/h3-10H,11H2,1-2H3. The van der Waals surface area contributed by atoms with Gasteiger partial charge in [0.2, 0.25) is 11.7 Å². The Bertz CT molecular complexity index is 1070. The maximum Gasteiger partial charge on any atom is 0.329 e. The molecule has 2 heterocycles. The molecular formula is C18H16N4O2. The topological polar surface area (TPSA) is 65.8 Å². The Balaban J connectivity index is 1.71. The molecule has 6 nitrogen and oxygen atoms in total. The van der Waals surface area contributed by atoms with Crippen LogP contribution < -0.4 is 5.69 Å². The molecule has 2 aromatic carbocycles. The SMILES string of the molecule is Cc1ccc(-c2noc(Cn3c(=O)n(C)c4ccccc43)n2)cc1. The van der Waals surface area contributed by atoms with Crippen molar-refractivity contribution in [1.82, 2.24) is 19.3 Å². The predicted octanol–water partition coefficient (Wildman–Crippen LogP) is 2.75. The van der Waals surface area contributed by atoms with E-state index in [9.17, 15) is 4.79 Å². The van der Waals surface area contributed by atoms with Crippen molar-refractivity contribution in [2.45, 2.75) is 13.5 Å². The lowest BCUT2D eigenvalue weighted by Gasteiger charge is -1.98. The van der Waals surface area contributed by atoms with Crippen molar-refractivity contribution < 1.29 is 4.52 Å². The van der Waals surface area contributed by atoms with Gasteiger partial charge >= 0.3 is 5.69 Å². The highest BCUT2D eigenvalue weighted by Gasteiger charge is 2.14. The predicted molar refractivity (Wildman–Crippen MR) is 90.8 cm³/mol. The number of rotatable bonds is 3. The Morgan fingerprint density at radius 3 is 2.50 bits per heavy atom. The van der Waals surface area contributed by atoms with Crippen LogP contribution in [0.3, 0.4) is 0 Å². The minimum atomic E-state index is -0.105. The van der Waals surface area contributed by atoms with Crippen LogP contribution in [0.2, 0.25) is 0 Å². The molecule has 4 aromatic rings. The zero-order valence-electron chi connectivity index (χ0n) is 13.4. The van der Waals surface area contributed by atoms with Crippen LogP contribution in [0.15, 0.2) is 57.8 Å². The summed E-state index contributed by atoms with van der Waals surface area (Å²) in [7, 11) is 1.76. The van der Waals surface area contributed by atoms with Gasteiger partial charge in [-0.25, -0.2) is 4.79 Å². The van der Waals surface area contributed by atoms with Crippen molar-refractivity contribution in [1.29, 1.82) is 0 Å². The van der Waals surface area contributed by atoms with E-state index in [2.05, 4.69) is 10.1 Å². The van der Waals surface area contributed by atoms with E-state index in [1.54, 1.807) is 16.2 Å². The maximum absolute atomic E-state index is 12.4. The van der Waals surface area contributed by atoms with Gasteiger partial charge in [-0.3, -0.25) is 9.13 Å². The number of hydrogen-bond donors (Lipinski definition) is 0. The molecular weight excluding hydrogens is 304 g/mol. The number of aryl methyl sites for hydroxylation is 2. The molecule has 0 aliphatic carbocycles. The number of nitrogens with zero attached hydrogens (tertiary/aromatic N) is 4. The minimum absolute atomic E-state index is 0.105. The van der Waals surface area contributed by atoms with Crippen molar-refractivity contribution >= 4 is 11.0 Å². The Morgan fingerprint density at radius 1 is 1.04 bits per heavy atom. The molecule has 0 bridgehead atoms. The average molecular weight is 320 g/mol. The van der Waals surface area contributed by atoms with Gasteiger partial charge in [-0.2, -0.15) is 4.98 Å². The first kappa shape index (κ1) is 14.4. The molecule has 0 saturated heterocycles. The fraction of sp³-hybridized carbons (Fsp3) is 0.167. The minimum Gasteiger partial charge on any atom is -0.337 e. The van der Waals surface area contributed by atoms with Crippen molar-refractivity contribution in [3.8, 4) is 11.4 Å². The van der Waals surface area contributed by atoms with Crippen LogP contribution in [-0.2, 0) is 13.6 Å². The molecule has 24 heavy (non-hydrogen) atoms. The molecule has 0 unspecified atom stereocenters. The molecule has 0 saturated carbocycles. The molecule has 0 N–H and O–H groups in total. The summed E-state index contributed by atoms with van der Waals surface area (Å²) in [6, 6.07) is 15.5. The van der Waals surface area contributed by atoms with E-state index in [0.717, 1.165) is 16.6 Å². The average Bonchev–Trinajstić information content (AvgIpc) is 3.16. The molecule has 0 aliphatic rings. The van der Waals surface area contributed by atoms with Crippen LogP contribution in [0.25, 0.3) is 22.4 Å². The van der Waals surface area contributed by atoms with Gasteiger partial charge in [-0.15, -0.1) is 0 Å². The largest absolute Gasteiger partial charge is 0.337 e. The highest BCUT2D eigenvalue weighted by molar-refractivity contribution is 5.75. The Hall–Kier alpha value is -3.15. The molecule has 0 spiro atoms. The van der Waals surface area contributed by atoms with E-state index in [4.69, 9.17) is 4.52 Å². The molecule has 6 heteroatoms. The second-order valence-corrected chi connectivity index (χ2v) is 5.79. The van der Waals surface area contributed by atoms with E-state index < -0.39 is 0 Å². The summed E-state index contributed by atoms with van der Waals surface area (Å²) in [4.78, 5) is 16.9. The molecule has 0 amide bonds. The summed E-state index contributed by atoms with van der Waals surface area (Å²) >= 11 is 0. The van der Waals surface area contributed by atoms with Gasteiger partial charge in [-0.1, -0.05) is 47.1 Å². The Morgan fingerprint density at radius 2 is 1.75 bits per heavy atom. The molecule has 4 rings (SSSR count). The summed E-state index contributed by atoms with van der Waals surface area (Å²) in [5.41, 5.74) is 3.68. The van der Waals surface area contributed by atoms with E-state index in [1.807, 2.05) is 55.5 Å². The van der Waals surface area contributed by atoms with Crippen molar-refractivity contribution in [3.05, 3.63) is 70.5 Å². The van der Waals surface area contributed by atoms with Gasteiger partial charge in [0.15, 0.2) is 0 Å². The van der Waals surface area contributed by atoms with Crippen LogP contribution in [0, 0.1) is 6.92 Å². The number of hydrogen-bond acceptors (Lipinski definition) is 4. The van der Waals surface area contributed by atoms with Crippen molar-refractivity contribution in [2.75, 3.05) is 0 Å². The number of aromatic nitrogens is 4. The number of benzene rings is 2. The van der Waals surface area contributed by atoms with Gasteiger partial charge in [0.1, 0.15) is 6.54 Å². The smallest absolute Gasteiger partial charge is 0.329 e. The second kappa shape index (κ2) is 5.49. The molecule has 0 atom stereocenters. The first-order valence-electron chi connectivity index (χ1n) is 7.67. The normalized spacial score (nSPS) is 11.2. The van der Waals surface area contributed by atoms with Gasteiger partial charge in [0, 0.05) is 12.6 Å². The van der Waals surface area contributed by atoms with Crippen LogP contribution >= 0.6 is 0 Å². The Kier molecular flexibility index (Phi) is 3.30. The number of fused-ring (bicyclic) bond motifs is 1. The highest BCUT2D eigenvalue weighted by Crippen LogP contribution is 2.18. The van der Waals surface area contributed by atoms with Crippen molar-refractivity contribution in [2.24, 2.45) is 7.05 Å². The number of para-hydroxylation sites is 2. The van der Waals surface area contributed by atoms with Crippen LogP contribution in [0.1, 0.15) is 11.5 Å². The van der Waals surface area contributed by atoms with Gasteiger partial charge in [-0.05, 0) is 19.1 Å². The third-order valence-corrected chi connectivity index (χ3v) is 4.12. The van der Waals surface area contributed by atoms with E-state index >= 15 is 0 Å². The summed E-state index contributed by atoms with van der Waals surface area (Å²) < 4.78 is 8.59. The molecule has 2 aromatic heterocycles. The lowest BCUT2D eigenvalue weighted by atomic mass is 10.1. The molecule has 0 fully saturated rings. The van der Waals surface area contributed by atoms with Gasteiger partial charge in [0.25, 0.3) is 0 Å². The molecule has 120 valence electrons. The number of imidazole rings is 1. The zero-order valence-corrected chi connectivity index (χ0v) is 13.4. The zero-order chi connectivity index (χ0) is 16.7. The maximum atomic E-state index is 12.4. The van der Waals surface area contributed by atoms with Crippen LogP contribution in [0.5, 0.6) is 0 Å². The fourth-order valence-corrected chi connectivity index (χ4v) is 2.79. The lowest BCUT2D eigenvalue weighted by Crippen LogP contribution is -2.22. The molecule has 0 aliphatic heterocycles. The summed E-state index contributed by atoms with van der Waals surface area (Å²) in [6.45, 7) is 2.28. The third-order valence-electron chi connectivity index (χ3n) is 4.12. The second-order valence-electron chi connectivity index (χ2n) is 5.79. The van der Waals surface area contributed by atoms with Gasteiger partial charge < -0.3 is 4.52 Å². The third kappa shape index (κ3) is 2.32. The summed E-state index contributed by atoms with van der Waals surface area (Å²) in [5, 5.41) is 4.02. The summed E-state index contributed by atoms with van der Waals surface area (Å²) in [6.07, 6.45) is 0. The quantitative estimate of drug-likeness (QED) is 0.582. The summed E-state index contributed by atoms with van der Waals surface area (Å²) in [5.74, 6) is 0.933. The van der Waals surface area contributed by atoms with E-state index in [0.29, 0.717) is 11.7 Å². The fourth-order valence-electron chi connectivity index (χ4n) is 2.79.